The molecule has 4 rings (SSSR count). The van der Waals surface area contributed by atoms with Crippen molar-refractivity contribution in [1.29, 1.82) is 0 Å². The molecule has 0 aromatic heterocycles. The average molecular weight is 382 g/mol. The standard InChI is InChI=1S/C22H20ClNOS/c23-15-7-12-22-25-21-14-13-18(17-8-3-1-4-9-17)16-20(21)24(26-22)19-10-5-2-6-11-19/h1-6,8-11,13-14,16,22H,7,12,15H2. The number of hydrogen-bond acceptors (Lipinski definition) is 3. The molecule has 0 fully saturated rings. The Morgan fingerprint density at radius 3 is 2.35 bits per heavy atom. The minimum Gasteiger partial charge on any atom is -0.476 e. The first-order valence-corrected chi connectivity index (χ1v) is 10.2. The van der Waals surface area contributed by atoms with Crippen LogP contribution < -0.4 is 9.04 Å². The zero-order valence-electron chi connectivity index (χ0n) is 14.3. The molecule has 132 valence electrons. The predicted octanol–water partition coefficient (Wildman–Crippen LogP) is 6.88. The maximum Gasteiger partial charge on any atom is 0.163 e. The fourth-order valence-electron chi connectivity index (χ4n) is 3.04. The van der Waals surface area contributed by atoms with Gasteiger partial charge in [-0.15, -0.1) is 11.6 Å². The Hall–Kier alpha value is -2.10. The molecule has 1 atom stereocenters. The normalized spacial score (nSPS) is 16.0. The molecule has 0 aliphatic carbocycles. The highest BCUT2D eigenvalue weighted by Gasteiger charge is 2.28. The number of alkyl halides is 1. The zero-order chi connectivity index (χ0) is 17.8. The van der Waals surface area contributed by atoms with E-state index in [4.69, 9.17) is 16.3 Å². The van der Waals surface area contributed by atoms with Gasteiger partial charge in [-0.3, -0.25) is 4.31 Å². The third-order valence-corrected chi connectivity index (χ3v) is 5.78. The number of nitrogens with zero attached hydrogens (tertiary/aromatic N) is 1. The highest BCUT2D eigenvalue weighted by Crippen LogP contribution is 2.47. The van der Waals surface area contributed by atoms with E-state index in [-0.39, 0.29) is 5.44 Å². The minimum absolute atomic E-state index is 0.0732. The average Bonchev–Trinajstić information content (AvgIpc) is 2.72. The number of anilines is 2. The van der Waals surface area contributed by atoms with Gasteiger partial charge in [0, 0.05) is 17.8 Å². The zero-order valence-corrected chi connectivity index (χ0v) is 15.9. The van der Waals surface area contributed by atoms with Crippen molar-refractivity contribution >= 4 is 34.9 Å². The summed E-state index contributed by atoms with van der Waals surface area (Å²) in [7, 11) is 0. The summed E-state index contributed by atoms with van der Waals surface area (Å²) in [5.41, 5.74) is 4.71. The molecule has 3 aromatic carbocycles. The van der Waals surface area contributed by atoms with E-state index in [0.717, 1.165) is 30.0 Å². The van der Waals surface area contributed by atoms with Gasteiger partial charge in [-0.1, -0.05) is 54.6 Å². The predicted molar refractivity (Wildman–Crippen MR) is 112 cm³/mol. The van der Waals surface area contributed by atoms with Gasteiger partial charge in [0.1, 0.15) is 5.75 Å². The fraction of sp³-hybridized carbons (Fsp3) is 0.182. The van der Waals surface area contributed by atoms with Gasteiger partial charge >= 0.3 is 0 Å². The van der Waals surface area contributed by atoms with Crippen molar-refractivity contribution in [3.8, 4) is 16.9 Å². The molecule has 1 heterocycles. The van der Waals surface area contributed by atoms with Crippen LogP contribution in [-0.4, -0.2) is 11.3 Å². The number of halogens is 1. The number of rotatable bonds is 5. The van der Waals surface area contributed by atoms with E-state index < -0.39 is 0 Å². The molecule has 26 heavy (non-hydrogen) atoms. The minimum atomic E-state index is 0.0732. The largest absolute Gasteiger partial charge is 0.476 e. The number of hydrogen-bond donors (Lipinski definition) is 0. The number of fused-ring (bicyclic) bond motifs is 1. The van der Waals surface area contributed by atoms with Crippen molar-refractivity contribution in [1.82, 2.24) is 0 Å². The SMILES string of the molecule is ClCCCC1Oc2ccc(-c3ccccc3)cc2N(c2ccccc2)S1. The van der Waals surface area contributed by atoms with Crippen LogP contribution in [0, 0.1) is 0 Å². The lowest BCUT2D eigenvalue weighted by Gasteiger charge is -2.35. The highest BCUT2D eigenvalue weighted by molar-refractivity contribution is 8.01. The molecule has 3 aromatic rings. The fourth-order valence-corrected chi connectivity index (χ4v) is 4.35. The van der Waals surface area contributed by atoms with Gasteiger partial charge in [0.15, 0.2) is 5.44 Å². The second-order valence-electron chi connectivity index (χ2n) is 6.16. The molecule has 1 aliphatic heterocycles. The van der Waals surface area contributed by atoms with E-state index in [1.54, 1.807) is 11.9 Å². The van der Waals surface area contributed by atoms with E-state index >= 15 is 0 Å². The summed E-state index contributed by atoms with van der Waals surface area (Å²) in [6, 6.07) is 27.3. The second-order valence-corrected chi connectivity index (χ2v) is 7.64. The van der Waals surface area contributed by atoms with Crippen LogP contribution in [0.2, 0.25) is 0 Å². The van der Waals surface area contributed by atoms with Gasteiger partial charge in [-0.2, -0.15) is 0 Å². The third kappa shape index (κ3) is 3.69. The first-order chi connectivity index (χ1) is 12.8. The van der Waals surface area contributed by atoms with Gasteiger partial charge in [-0.05, 0) is 48.2 Å². The molecule has 0 radical (unpaired) electrons. The summed E-state index contributed by atoms with van der Waals surface area (Å²) in [4.78, 5) is 0. The van der Waals surface area contributed by atoms with Gasteiger partial charge in [0.25, 0.3) is 0 Å². The molecule has 0 bridgehead atoms. The molecule has 0 saturated carbocycles. The monoisotopic (exact) mass is 381 g/mol. The van der Waals surface area contributed by atoms with E-state index in [1.807, 2.05) is 12.1 Å². The van der Waals surface area contributed by atoms with Crippen LogP contribution >= 0.6 is 23.5 Å². The van der Waals surface area contributed by atoms with Crippen LogP contribution in [-0.2, 0) is 0 Å². The van der Waals surface area contributed by atoms with Gasteiger partial charge in [0.05, 0.1) is 11.4 Å². The number of benzene rings is 3. The van der Waals surface area contributed by atoms with E-state index in [9.17, 15) is 0 Å². The Kier molecular flexibility index (Phi) is 5.37. The number of para-hydroxylation sites is 1. The van der Waals surface area contributed by atoms with Gasteiger partial charge in [0.2, 0.25) is 0 Å². The van der Waals surface area contributed by atoms with Crippen molar-refractivity contribution in [3.05, 3.63) is 78.9 Å². The maximum absolute atomic E-state index is 6.24. The van der Waals surface area contributed by atoms with E-state index in [1.165, 1.54) is 11.1 Å². The topological polar surface area (TPSA) is 12.5 Å². The molecule has 0 N–H and O–H groups in total. The van der Waals surface area contributed by atoms with Crippen molar-refractivity contribution in [3.63, 3.8) is 0 Å². The van der Waals surface area contributed by atoms with Crippen LogP contribution in [0.15, 0.2) is 78.9 Å². The Morgan fingerprint density at radius 2 is 1.62 bits per heavy atom. The van der Waals surface area contributed by atoms with Crippen LogP contribution in [0.5, 0.6) is 5.75 Å². The van der Waals surface area contributed by atoms with Crippen LogP contribution in [0.25, 0.3) is 11.1 Å². The molecule has 1 aliphatic rings. The summed E-state index contributed by atoms with van der Waals surface area (Å²) in [5.74, 6) is 1.58. The lowest BCUT2D eigenvalue weighted by atomic mass is 10.0. The van der Waals surface area contributed by atoms with Gasteiger partial charge in [-0.25, -0.2) is 0 Å². The molecular weight excluding hydrogens is 362 g/mol. The summed E-state index contributed by atoms with van der Waals surface area (Å²) < 4.78 is 8.52. The Labute approximate surface area is 163 Å². The summed E-state index contributed by atoms with van der Waals surface area (Å²) in [6.07, 6.45) is 1.87. The molecular formula is C22H20ClNOS. The van der Waals surface area contributed by atoms with Crippen LogP contribution in [0.3, 0.4) is 0 Å². The van der Waals surface area contributed by atoms with Crippen molar-refractivity contribution < 1.29 is 4.74 Å². The molecule has 1 unspecified atom stereocenters. The lowest BCUT2D eigenvalue weighted by molar-refractivity contribution is 0.273. The van der Waals surface area contributed by atoms with Gasteiger partial charge < -0.3 is 4.74 Å². The summed E-state index contributed by atoms with van der Waals surface area (Å²) in [6.45, 7) is 0. The maximum atomic E-state index is 6.24. The Bertz CT molecular complexity index is 857. The molecule has 0 amide bonds. The molecule has 0 spiro atoms. The van der Waals surface area contributed by atoms with E-state index in [0.29, 0.717) is 5.88 Å². The van der Waals surface area contributed by atoms with Crippen molar-refractivity contribution in [2.75, 3.05) is 10.2 Å². The van der Waals surface area contributed by atoms with E-state index in [2.05, 4.69) is 71.0 Å². The first-order valence-electron chi connectivity index (χ1n) is 8.79. The molecule has 4 heteroatoms. The molecule has 2 nitrogen and oxygen atoms in total. The quantitative estimate of drug-likeness (QED) is 0.353. The smallest absolute Gasteiger partial charge is 0.163 e. The lowest BCUT2D eigenvalue weighted by Crippen LogP contribution is -2.25. The Balaban J connectivity index is 1.74. The Morgan fingerprint density at radius 1 is 0.885 bits per heavy atom. The summed E-state index contributed by atoms with van der Waals surface area (Å²) in [5, 5.41) is 0. The molecule has 0 saturated heterocycles. The first kappa shape index (κ1) is 17.3. The number of ether oxygens (including phenoxy) is 1. The third-order valence-electron chi connectivity index (χ3n) is 4.33. The highest BCUT2D eigenvalue weighted by atomic mass is 35.5. The second kappa shape index (κ2) is 8.07. The van der Waals surface area contributed by atoms with Crippen molar-refractivity contribution in [2.24, 2.45) is 0 Å². The van der Waals surface area contributed by atoms with Crippen LogP contribution in [0.4, 0.5) is 11.4 Å². The summed E-state index contributed by atoms with van der Waals surface area (Å²) >= 11 is 7.61. The van der Waals surface area contributed by atoms with Crippen LogP contribution in [0.1, 0.15) is 12.8 Å². The van der Waals surface area contributed by atoms with Crippen molar-refractivity contribution in [2.45, 2.75) is 18.3 Å².